The summed E-state index contributed by atoms with van der Waals surface area (Å²) in [5.74, 6) is 2.30. The highest BCUT2D eigenvalue weighted by atomic mass is 16.5. The molecule has 2 atom stereocenters. The van der Waals surface area contributed by atoms with Crippen LogP contribution in [0.5, 0.6) is 5.75 Å². The van der Waals surface area contributed by atoms with Crippen molar-refractivity contribution >= 4 is 27.7 Å². The van der Waals surface area contributed by atoms with Gasteiger partial charge in [0.25, 0.3) is 0 Å². The number of hydrogen-bond acceptors (Lipinski definition) is 5. The van der Waals surface area contributed by atoms with Crippen molar-refractivity contribution in [2.24, 2.45) is 5.73 Å². The maximum Gasteiger partial charge on any atom is 0.234 e. The fraction of sp³-hybridized carbons (Fsp3) is 0.286. The fourth-order valence-electron chi connectivity index (χ4n) is 6.78. The topological polar surface area (TPSA) is 118 Å². The number of methoxy groups -OCH3 is 1. The van der Waals surface area contributed by atoms with E-state index in [2.05, 4.69) is 80.4 Å². The van der Waals surface area contributed by atoms with Gasteiger partial charge in [0, 0.05) is 40.6 Å². The Morgan fingerprint density at radius 3 is 2.32 bits per heavy atom. The van der Waals surface area contributed by atoms with Gasteiger partial charge < -0.3 is 25.0 Å². The first kappa shape index (κ1) is 27.9. The molecule has 3 aromatic carbocycles. The fourth-order valence-corrected chi connectivity index (χ4v) is 6.78. The van der Waals surface area contributed by atoms with E-state index in [1.807, 2.05) is 24.3 Å². The van der Waals surface area contributed by atoms with E-state index >= 15 is 0 Å². The van der Waals surface area contributed by atoms with E-state index in [0.717, 1.165) is 66.2 Å². The number of ether oxygens (including phenoxy) is 1. The number of carbonyl (C=O) groups is 1. The van der Waals surface area contributed by atoms with E-state index in [-0.39, 0.29) is 18.0 Å². The molecule has 1 fully saturated rings. The van der Waals surface area contributed by atoms with Crippen molar-refractivity contribution in [2.75, 3.05) is 13.7 Å². The summed E-state index contributed by atoms with van der Waals surface area (Å²) in [5, 5.41) is 12.1. The third kappa shape index (κ3) is 5.35. The minimum absolute atomic E-state index is 0.179. The number of rotatable bonds is 11. The molecule has 4 N–H and O–H groups in total. The van der Waals surface area contributed by atoms with Gasteiger partial charge in [-0.05, 0) is 73.2 Å². The quantitative estimate of drug-likeness (QED) is 0.190. The molecule has 0 aliphatic carbocycles. The van der Waals surface area contributed by atoms with Crippen LogP contribution in [0.25, 0.3) is 21.8 Å². The molecular formula is C35H37N7O2. The maximum atomic E-state index is 12.7. The number of hydrogen-bond donors (Lipinski definition) is 3. The Morgan fingerprint density at radius 2 is 1.61 bits per heavy atom. The van der Waals surface area contributed by atoms with E-state index < -0.39 is 0 Å². The molecule has 9 heteroatoms. The van der Waals surface area contributed by atoms with E-state index in [4.69, 9.17) is 20.7 Å². The number of fused-ring (bicyclic) bond motifs is 2. The standard InChI is InChI=1S/C35H37N7O2/c1-44-26-15-12-23(13-16-26)22-42-33(17-14-24-20-37-29-9-4-2-7-27(24)29)39-40-35(42)32(41-18-6-11-31(41)34(36)43)19-25-21-38-30-10-5-3-8-28(25)30/h2-5,7-10,12-13,15-16,20-21,31-32,37-38H,6,11,14,17-19,22H2,1H3,(H2,36,43)/t31-,32+/m0/s1. The van der Waals surface area contributed by atoms with Crippen LogP contribution in [0.2, 0.25) is 0 Å². The lowest BCUT2D eigenvalue weighted by molar-refractivity contribution is -0.123. The van der Waals surface area contributed by atoms with Crippen molar-refractivity contribution in [1.29, 1.82) is 0 Å². The predicted molar refractivity (Wildman–Crippen MR) is 171 cm³/mol. The summed E-state index contributed by atoms with van der Waals surface area (Å²) in [7, 11) is 1.68. The van der Waals surface area contributed by atoms with Crippen LogP contribution in [-0.4, -0.2) is 55.2 Å². The second-order valence-corrected chi connectivity index (χ2v) is 11.6. The summed E-state index contributed by atoms with van der Waals surface area (Å²) in [5.41, 5.74) is 11.7. The number of benzene rings is 3. The number of likely N-dealkylation sites (tertiary alicyclic amines) is 1. The van der Waals surface area contributed by atoms with Gasteiger partial charge in [0.2, 0.25) is 5.91 Å². The van der Waals surface area contributed by atoms with Crippen LogP contribution in [-0.2, 0) is 30.6 Å². The third-order valence-electron chi connectivity index (χ3n) is 9.06. The Balaban J connectivity index is 1.29. The number of H-pyrrole nitrogens is 2. The summed E-state index contributed by atoms with van der Waals surface area (Å²) in [4.78, 5) is 21.7. The van der Waals surface area contributed by atoms with Crippen LogP contribution in [0.3, 0.4) is 0 Å². The highest BCUT2D eigenvalue weighted by Gasteiger charge is 2.38. The average Bonchev–Trinajstić information content (AvgIpc) is 3.86. The number of aromatic nitrogens is 5. The molecule has 44 heavy (non-hydrogen) atoms. The number of primary amides is 1. The van der Waals surface area contributed by atoms with Gasteiger partial charge in [0.1, 0.15) is 11.6 Å². The van der Waals surface area contributed by atoms with E-state index in [1.54, 1.807) is 7.11 Å². The van der Waals surface area contributed by atoms with Gasteiger partial charge in [-0.25, -0.2) is 0 Å². The minimum Gasteiger partial charge on any atom is -0.497 e. The second-order valence-electron chi connectivity index (χ2n) is 11.6. The Labute approximate surface area is 256 Å². The van der Waals surface area contributed by atoms with Gasteiger partial charge in [-0.1, -0.05) is 48.5 Å². The second kappa shape index (κ2) is 12.0. The molecule has 224 valence electrons. The number of aryl methyl sites for hydroxylation is 2. The molecule has 3 aromatic heterocycles. The molecule has 1 amide bonds. The third-order valence-corrected chi connectivity index (χ3v) is 9.06. The molecule has 0 saturated carbocycles. The van der Waals surface area contributed by atoms with Gasteiger partial charge >= 0.3 is 0 Å². The first-order valence-electron chi connectivity index (χ1n) is 15.3. The van der Waals surface area contributed by atoms with Gasteiger partial charge in [-0.2, -0.15) is 0 Å². The molecule has 1 aliphatic heterocycles. The Kier molecular flexibility index (Phi) is 7.62. The molecule has 6 aromatic rings. The maximum absolute atomic E-state index is 12.7. The number of carbonyl (C=O) groups excluding carboxylic acids is 1. The molecule has 4 heterocycles. The lowest BCUT2D eigenvalue weighted by Gasteiger charge is -2.31. The molecule has 0 bridgehead atoms. The molecule has 0 spiro atoms. The number of amides is 1. The average molecular weight is 588 g/mol. The van der Waals surface area contributed by atoms with E-state index in [0.29, 0.717) is 13.0 Å². The zero-order valence-electron chi connectivity index (χ0n) is 24.9. The highest BCUT2D eigenvalue weighted by Crippen LogP contribution is 2.34. The summed E-state index contributed by atoms with van der Waals surface area (Å²) in [6.07, 6.45) is 8.07. The molecule has 7 rings (SSSR count). The number of nitrogens with zero attached hydrogens (tertiary/aromatic N) is 4. The van der Waals surface area contributed by atoms with Crippen molar-refractivity contribution in [1.82, 2.24) is 29.6 Å². The zero-order chi connectivity index (χ0) is 30.0. The van der Waals surface area contributed by atoms with Gasteiger partial charge in [0.05, 0.1) is 25.7 Å². The lowest BCUT2D eigenvalue weighted by Crippen LogP contribution is -2.43. The molecule has 0 radical (unpaired) electrons. The van der Waals surface area contributed by atoms with Crippen molar-refractivity contribution in [3.05, 3.63) is 114 Å². The largest absolute Gasteiger partial charge is 0.497 e. The van der Waals surface area contributed by atoms with Crippen LogP contribution in [0.1, 0.15) is 47.2 Å². The number of nitrogens with one attached hydrogen (secondary N) is 2. The monoisotopic (exact) mass is 587 g/mol. The SMILES string of the molecule is COc1ccc(Cn2c(CCc3c[nH]c4ccccc34)nnc2[C@@H](Cc2c[nH]c3ccccc23)N2CCC[C@H]2C(N)=O)cc1. The highest BCUT2D eigenvalue weighted by molar-refractivity contribution is 5.84. The molecule has 9 nitrogen and oxygen atoms in total. The van der Waals surface area contributed by atoms with Crippen molar-refractivity contribution in [3.8, 4) is 5.75 Å². The van der Waals surface area contributed by atoms with Crippen LogP contribution in [0, 0.1) is 0 Å². The van der Waals surface area contributed by atoms with Gasteiger partial charge in [0.15, 0.2) is 5.82 Å². The zero-order valence-corrected chi connectivity index (χ0v) is 24.9. The van der Waals surface area contributed by atoms with Crippen LogP contribution >= 0.6 is 0 Å². The summed E-state index contributed by atoms with van der Waals surface area (Å²) >= 11 is 0. The minimum atomic E-state index is -0.342. The van der Waals surface area contributed by atoms with Crippen molar-refractivity contribution in [3.63, 3.8) is 0 Å². The Bertz CT molecular complexity index is 1900. The summed E-state index contributed by atoms with van der Waals surface area (Å²) in [6, 6.07) is 24.3. The van der Waals surface area contributed by atoms with E-state index in [9.17, 15) is 4.79 Å². The van der Waals surface area contributed by atoms with Crippen LogP contribution in [0.4, 0.5) is 0 Å². The summed E-state index contributed by atoms with van der Waals surface area (Å²) in [6.45, 7) is 1.38. The van der Waals surface area contributed by atoms with Crippen molar-refractivity contribution in [2.45, 2.75) is 50.7 Å². The molecular weight excluding hydrogens is 550 g/mol. The predicted octanol–water partition coefficient (Wildman–Crippen LogP) is 5.32. The van der Waals surface area contributed by atoms with Crippen LogP contribution in [0.15, 0.2) is 85.2 Å². The van der Waals surface area contributed by atoms with E-state index in [1.165, 1.54) is 21.9 Å². The normalized spacial score (nSPS) is 16.2. The van der Waals surface area contributed by atoms with Crippen LogP contribution < -0.4 is 10.5 Å². The number of para-hydroxylation sites is 2. The first-order chi connectivity index (χ1) is 21.6. The Morgan fingerprint density at radius 1 is 0.932 bits per heavy atom. The Hall–Kier alpha value is -4.89. The first-order valence-corrected chi connectivity index (χ1v) is 15.3. The van der Waals surface area contributed by atoms with Gasteiger partial charge in [-0.3, -0.25) is 9.69 Å². The number of aromatic amines is 2. The molecule has 1 saturated heterocycles. The summed E-state index contributed by atoms with van der Waals surface area (Å²) < 4.78 is 7.67. The van der Waals surface area contributed by atoms with Crippen molar-refractivity contribution < 1.29 is 9.53 Å². The van der Waals surface area contributed by atoms with Gasteiger partial charge in [-0.15, -0.1) is 10.2 Å². The smallest absolute Gasteiger partial charge is 0.234 e. The molecule has 1 aliphatic rings. The number of nitrogens with two attached hydrogens (primary N) is 1. The lowest BCUT2D eigenvalue weighted by atomic mass is 10.0. The molecule has 0 unspecified atom stereocenters.